The Hall–Kier alpha value is -1.69. The maximum atomic E-state index is 6.05. The van der Waals surface area contributed by atoms with Gasteiger partial charge in [-0.05, 0) is 12.8 Å². The summed E-state index contributed by atoms with van der Waals surface area (Å²) in [4.78, 5) is 4.14. The predicted molar refractivity (Wildman–Crippen MR) is 68.8 cm³/mol. The summed E-state index contributed by atoms with van der Waals surface area (Å²) in [7, 11) is 0. The zero-order valence-corrected chi connectivity index (χ0v) is 11.1. The second kappa shape index (κ2) is 5.30. The van der Waals surface area contributed by atoms with Gasteiger partial charge in [-0.1, -0.05) is 19.1 Å². The van der Waals surface area contributed by atoms with Crippen LogP contribution in [0.15, 0.2) is 18.7 Å². The molecular weight excluding hydrogens is 228 g/mol. The molecule has 2 heterocycles. The van der Waals surface area contributed by atoms with Crippen LogP contribution in [-0.4, -0.2) is 24.5 Å². The summed E-state index contributed by atoms with van der Waals surface area (Å²) in [5.74, 6) is 0.358. The van der Waals surface area contributed by atoms with Crippen molar-refractivity contribution in [2.75, 3.05) is 0 Å². The Morgan fingerprint density at radius 1 is 1.39 bits per heavy atom. The third-order valence-corrected chi connectivity index (χ3v) is 3.08. The first-order valence-electron chi connectivity index (χ1n) is 6.26. The highest BCUT2D eigenvalue weighted by atomic mass is 15.4. The van der Waals surface area contributed by atoms with Crippen LogP contribution in [0, 0.1) is 5.92 Å². The van der Waals surface area contributed by atoms with Crippen molar-refractivity contribution in [3.8, 4) is 0 Å². The molecule has 1 unspecified atom stereocenters. The monoisotopic (exact) mass is 248 g/mol. The molecule has 0 aliphatic rings. The van der Waals surface area contributed by atoms with Crippen LogP contribution in [0.2, 0.25) is 0 Å². The molecule has 98 valence electrons. The van der Waals surface area contributed by atoms with Crippen LogP contribution in [-0.2, 0) is 13.1 Å². The van der Waals surface area contributed by atoms with E-state index in [1.54, 1.807) is 4.68 Å². The van der Waals surface area contributed by atoms with Gasteiger partial charge in [0.1, 0.15) is 0 Å². The van der Waals surface area contributed by atoms with E-state index in [1.807, 2.05) is 18.7 Å². The van der Waals surface area contributed by atoms with Gasteiger partial charge in [-0.15, -0.1) is 5.10 Å². The van der Waals surface area contributed by atoms with Crippen molar-refractivity contribution in [3.63, 3.8) is 0 Å². The first kappa shape index (κ1) is 12.8. The van der Waals surface area contributed by atoms with E-state index in [2.05, 4.69) is 40.6 Å². The van der Waals surface area contributed by atoms with Crippen LogP contribution in [0.1, 0.15) is 38.2 Å². The van der Waals surface area contributed by atoms with E-state index in [0.717, 1.165) is 17.9 Å². The van der Waals surface area contributed by atoms with Crippen LogP contribution in [0.5, 0.6) is 0 Å². The number of hydrogen-bond donors (Lipinski definition) is 1. The Balaban J connectivity index is 2.11. The molecule has 0 radical (unpaired) electrons. The minimum atomic E-state index is -0.0603. The number of hydrogen-bond acceptors (Lipinski definition) is 4. The number of rotatable bonds is 5. The van der Waals surface area contributed by atoms with Crippen LogP contribution in [0.25, 0.3) is 0 Å². The van der Waals surface area contributed by atoms with Crippen LogP contribution in [0.3, 0.4) is 0 Å². The largest absolute Gasteiger partial charge is 0.333 e. The molecule has 2 aromatic heterocycles. The summed E-state index contributed by atoms with van der Waals surface area (Å²) in [6, 6.07) is -0.0603. The van der Waals surface area contributed by atoms with E-state index in [4.69, 9.17) is 5.73 Å². The molecule has 0 fully saturated rings. The summed E-state index contributed by atoms with van der Waals surface area (Å²) in [5, 5.41) is 8.25. The molecule has 0 bridgehead atoms. The molecule has 0 aliphatic carbocycles. The lowest BCUT2D eigenvalue weighted by molar-refractivity contribution is 0.502. The van der Waals surface area contributed by atoms with Crippen LogP contribution in [0.4, 0.5) is 0 Å². The first-order valence-corrected chi connectivity index (χ1v) is 6.26. The van der Waals surface area contributed by atoms with Gasteiger partial charge in [0.25, 0.3) is 0 Å². The summed E-state index contributed by atoms with van der Waals surface area (Å²) >= 11 is 0. The number of aromatic nitrogens is 5. The van der Waals surface area contributed by atoms with E-state index in [0.29, 0.717) is 12.5 Å². The summed E-state index contributed by atoms with van der Waals surface area (Å²) in [6.45, 7) is 7.83. The molecular formula is C12H20N6. The van der Waals surface area contributed by atoms with Crippen LogP contribution >= 0.6 is 0 Å². The molecule has 2 N–H and O–H groups in total. The van der Waals surface area contributed by atoms with Crippen molar-refractivity contribution in [2.24, 2.45) is 11.7 Å². The Morgan fingerprint density at radius 2 is 2.17 bits per heavy atom. The molecule has 2 rings (SSSR count). The Labute approximate surface area is 107 Å². The van der Waals surface area contributed by atoms with E-state index in [-0.39, 0.29) is 6.04 Å². The zero-order valence-electron chi connectivity index (χ0n) is 11.1. The average molecular weight is 248 g/mol. The molecule has 0 saturated carbocycles. The maximum Gasteiger partial charge on any atom is 0.0996 e. The van der Waals surface area contributed by atoms with Crippen molar-refractivity contribution < 1.29 is 0 Å². The second-order valence-corrected chi connectivity index (χ2v) is 4.78. The number of nitrogens with two attached hydrogens (primary N) is 1. The van der Waals surface area contributed by atoms with Crippen molar-refractivity contribution in [2.45, 2.75) is 39.9 Å². The lowest BCUT2D eigenvalue weighted by Crippen LogP contribution is -2.17. The third-order valence-electron chi connectivity index (χ3n) is 3.08. The van der Waals surface area contributed by atoms with E-state index in [1.165, 1.54) is 0 Å². The van der Waals surface area contributed by atoms with Gasteiger partial charge < -0.3 is 10.3 Å². The van der Waals surface area contributed by atoms with E-state index < -0.39 is 0 Å². The van der Waals surface area contributed by atoms with Crippen LogP contribution < -0.4 is 5.73 Å². The smallest absolute Gasteiger partial charge is 0.0996 e. The minimum absolute atomic E-state index is 0.0603. The molecule has 18 heavy (non-hydrogen) atoms. The van der Waals surface area contributed by atoms with Crippen molar-refractivity contribution in [3.05, 3.63) is 30.1 Å². The number of nitrogens with zero attached hydrogens (tertiary/aromatic N) is 5. The van der Waals surface area contributed by atoms with Gasteiger partial charge in [0.2, 0.25) is 0 Å². The molecule has 6 heteroatoms. The van der Waals surface area contributed by atoms with Gasteiger partial charge in [-0.25, -0.2) is 9.67 Å². The molecule has 0 amide bonds. The Morgan fingerprint density at radius 3 is 2.83 bits per heavy atom. The van der Waals surface area contributed by atoms with Crippen molar-refractivity contribution in [1.82, 2.24) is 24.5 Å². The molecule has 6 nitrogen and oxygen atoms in total. The topological polar surface area (TPSA) is 74.5 Å². The van der Waals surface area contributed by atoms with Gasteiger partial charge in [0, 0.05) is 6.54 Å². The predicted octanol–water partition coefficient (Wildman–Crippen LogP) is 1.20. The van der Waals surface area contributed by atoms with Crippen molar-refractivity contribution in [1.29, 1.82) is 0 Å². The van der Waals surface area contributed by atoms with Gasteiger partial charge in [0.05, 0.1) is 42.7 Å². The molecule has 2 aromatic rings. The Bertz CT molecular complexity index is 498. The highest BCUT2D eigenvalue weighted by Gasteiger charge is 2.14. The lowest BCUT2D eigenvalue weighted by Gasteiger charge is -2.11. The lowest BCUT2D eigenvalue weighted by atomic mass is 10.0. The second-order valence-electron chi connectivity index (χ2n) is 4.78. The van der Waals surface area contributed by atoms with Crippen molar-refractivity contribution >= 4 is 0 Å². The van der Waals surface area contributed by atoms with Gasteiger partial charge in [0.15, 0.2) is 0 Å². The third kappa shape index (κ3) is 2.59. The molecule has 1 atom stereocenters. The van der Waals surface area contributed by atoms with Gasteiger partial charge in [-0.3, -0.25) is 0 Å². The quantitative estimate of drug-likeness (QED) is 0.862. The van der Waals surface area contributed by atoms with Gasteiger partial charge in [-0.2, -0.15) is 0 Å². The van der Waals surface area contributed by atoms with E-state index in [9.17, 15) is 0 Å². The van der Waals surface area contributed by atoms with Gasteiger partial charge >= 0.3 is 0 Å². The average Bonchev–Trinajstić information content (AvgIpc) is 2.97. The molecule has 0 spiro atoms. The SMILES string of the molecule is CCn1cncc1Cn1cc(C(N)C(C)C)nn1. The number of aryl methyl sites for hydroxylation is 1. The van der Waals surface area contributed by atoms with E-state index >= 15 is 0 Å². The minimum Gasteiger partial charge on any atom is -0.333 e. The zero-order chi connectivity index (χ0) is 13.1. The highest BCUT2D eigenvalue weighted by Crippen LogP contribution is 2.15. The summed E-state index contributed by atoms with van der Waals surface area (Å²) in [6.07, 6.45) is 5.60. The molecule has 0 aromatic carbocycles. The summed E-state index contributed by atoms with van der Waals surface area (Å²) in [5.41, 5.74) is 8.01. The first-order chi connectivity index (χ1) is 8.61. The standard InChI is InChI=1S/C12H20N6/c1-4-17-8-14-5-10(17)6-18-7-11(15-16-18)12(13)9(2)3/h5,7-9,12H,4,6,13H2,1-3H3. The Kier molecular flexibility index (Phi) is 3.76. The summed E-state index contributed by atoms with van der Waals surface area (Å²) < 4.78 is 3.89. The fourth-order valence-electron chi connectivity index (χ4n) is 1.82. The molecule has 0 saturated heterocycles. The highest BCUT2D eigenvalue weighted by molar-refractivity contribution is 5.04. The number of imidazole rings is 1. The maximum absolute atomic E-state index is 6.05. The normalized spacial score (nSPS) is 13.2. The fourth-order valence-corrected chi connectivity index (χ4v) is 1.82. The molecule has 0 aliphatic heterocycles. The fraction of sp³-hybridized carbons (Fsp3) is 0.583.